The molecule has 0 saturated carbocycles. The molecule has 4 nitrogen and oxygen atoms in total. The third-order valence-corrected chi connectivity index (χ3v) is 4.54. The van der Waals surface area contributed by atoms with Gasteiger partial charge in [0.2, 0.25) is 0 Å². The first-order valence-corrected chi connectivity index (χ1v) is 10.3. The molecule has 2 rings (SSSR count). The van der Waals surface area contributed by atoms with E-state index >= 15 is 0 Å². The zero-order valence-corrected chi connectivity index (χ0v) is 18.1. The molecule has 0 aliphatic carbocycles. The van der Waals surface area contributed by atoms with Crippen LogP contribution in [0.4, 0.5) is 0 Å². The first-order chi connectivity index (χ1) is 13.5. The molecule has 0 heterocycles. The summed E-state index contributed by atoms with van der Waals surface area (Å²) in [5.41, 5.74) is 3.34. The molecular weight excluding hydrogens is 374 g/mol. The highest BCUT2D eigenvalue weighted by Gasteiger charge is 2.11. The van der Waals surface area contributed by atoms with E-state index in [4.69, 9.17) is 25.8 Å². The summed E-state index contributed by atoms with van der Waals surface area (Å²) in [6, 6.07) is 12.1. The van der Waals surface area contributed by atoms with Crippen molar-refractivity contribution >= 4 is 11.6 Å². The smallest absolute Gasteiger partial charge is 0.163 e. The number of hydrogen-bond acceptors (Lipinski definition) is 4. The fraction of sp³-hybridized carbons (Fsp3) is 0.478. The molecule has 0 spiro atoms. The molecule has 5 heteroatoms. The Bertz CT molecular complexity index is 717. The van der Waals surface area contributed by atoms with Gasteiger partial charge in [0.15, 0.2) is 11.5 Å². The van der Waals surface area contributed by atoms with Crippen molar-refractivity contribution in [3.8, 4) is 11.5 Å². The Balaban J connectivity index is 1.94. The van der Waals surface area contributed by atoms with Gasteiger partial charge in [0.25, 0.3) is 0 Å². The van der Waals surface area contributed by atoms with Crippen LogP contribution >= 0.6 is 11.6 Å². The SMILES string of the molecule is CCOc1cc(CNCCCOC(C)C)c(Cl)cc1OCc1ccc(C)cc1. The summed E-state index contributed by atoms with van der Waals surface area (Å²) in [5, 5.41) is 4.08. The van der Waals surface area contributed by atoms with Crippen LogP contribution in [0.5, 0.6) is 11.5 Å². The summed E-state index contributed by atoms with van der Waals surface area (Å²) in [4.78, 5) is 0. The van der Waals surface area contributed by atoms with Crippen molar-refractivity contribution in [1.82, 2.24) is 5.32 Å². The summed E-state index contributed by atoms with van der Waals surface area (Å²) in [6.07, 6.45) is 1.24. The maximum atomic E-state index is 6.49. The van der Waals surface area contributed by atoms with E-state index in [1.807, 2.05) is 32.9 Å². The molecule has 0 radical (unpaired) electrons. The second-order valence-electron chi connectivity index (χ2n) is 7.05. The Morgan fingerprint density at radius 1 is 1.04 bits per heavy atom. The molecule has 0 amide bonds. The normalized spacial score (nSPS) is 11.1. The monoisotopic (exact) mass is 405 g/mol. The third kappa shape index (κ3) is 7.70. The summed E-state index contributed by atoms with van der Waals surface area (Å²) in [6.45, 7) is 11.5. The quantitative estimate of drug-likeness (QED) is 0.471. The molecule has 0 aromatic heterocycles. The first kappa shape index (κ1) is 22.5. The van der Waals surface area contributed by atoms with Gasteiger partial charge >= 0.3 is 0 Å². The van der Waals surface area contributed by atoms with Crippen molar-refractivity contribution in [1.29, 1.82) is 0 Å². The highest BCUT2D eigenvalue weighted by molar-refractivity contribution is 6.31. The fourth-order valence-electron chi connectivity index (χ4n) is 2.68. The number of ether oxygens (including phenoxy) is 3. The molecular formula is C23H32ClNO3. The van der Waals surface area contributed by atoms with Crippen molar-refractivity contribution in [2.75, 3.05) is 19.8 Å². The van der Waals surface area contributed by atoms with Crippen LogP contribution in [0.25, 0.3) is 0 Å². The number of benzene rings is 2. The first-order valence-electron chi connectivity index (χ1n) is 9.95. The Kier molecular flexibility index (Phi) is 9.62. The van der Waals surface area contributed by atoms with Crippen molar-refractivity contribution in [2.45, 2.75) is 53.4 Å². The van der Waals surface area contributed by atoms with E-state index in [1.165, 1.54) is 5.56 Å². The van der Waals surface area contributed by atoms with Crippen LogP contribution in [0.2, 0.25) is 5.02 Å². The molecule has 2 aromatic rings. The predicted molar refractivity (Wildman–Crippen MR) is 116 cm³/mol. The van der Waals surface area contributed by atoms with Gasteiger partial charge in [-0.05, 0) is 57.9 Å². The molecule has 0 unspecified atom stereocenters. The van der Waals surface area contributed by atoms with E-state index < -0.39 is 0 Å². The molecule has 2 aromatic carbocycles. The fourth-order valence-corrected chi connectivity index (χ4v) is 2.90. The molecule has 0 fully saturated rings. The standard InChI is InChI=1S/C23H32ClNO3/c1-5-26-22-13-20(15-25-11-6-12-27-17(2)3)21(24)14-23(22)28-16-19-9-7-18(4)8-10-19/h7-10,13-14,17,25H,5-6,11-12,15-16H2,1-4H3. The Hall–Kier alpha value is -1.75. The molecule has 28 heavy (non-hydrogen) atoms. The van der Waals surface area contributed by atoms with Gasteiger partial charge in [0, 0.05) is 24.2 Å². The van der Waals surface area contributed by atoms with E-state index in [9.17, 15) is 0 Å². The van der Waals surface area contributed by atoms with E-state index in [-0.39, 0.29) is 6.10 Å². The van der Waals surface area contributed by atoms with Gasteiger partial charge in [0.1, 0.15) is 6.61 Å². The molecule has 1 N–H and O–H groups in total. The average molecular weight is 406 g/mol. The van der Waals surface area contributed by atoms with Gasteiger partial charge in [-0.3, -0.25) is 0 Å². The van der Waals surface area contributed by atoms with Crippen molar-refractivity contribution < 1.29 is 14.2 Å². The minimum atomic E-state index is 0.274. The van der Waals surface area contributed by atoms with E-state index in [2.05, 4.69) is 36.5 Å². The molecule has 0 atom stereocenters. The molecule has 0 bridgehead atoms. The number of halogens is 1. The summed E-state index contributed by atoms with van der Waals surface area (Å²) in [5.74, 6) is 1.39. The van der Waals surface area contributed by atoms with Crippen LogP contribution < -0.4 is 14.8 Å². The van der Waals surface area contributed by atoms with Gasteiger partial charge in [-0.1, -0.05) is 41.4 Å². The topological polar surface area (TPSA) is 39.7 Å². The van der Waals surface area contributed by atoms with Crippen LogP contribution in [0.1, 0.15) is 43.9 Å². The van der Waals surface area contributed by atoms with Crippen molar-refractivity contribution in [3.05, 3.63) is 58.1 Å². The van der Waals surface area contributed by atoms with Gasteiger partial charge in [-0.2, -0.15) is 0 Å². The lowest BCUT2D eigenvalue weighted by molar-refractivity contribution is 0.0770. The van der Waals surface area contributed by atoms with E-state index in [1.54, 1.807) is 0 Å². The maximum absolute atomic E-state index is 6.49. The second-order valence-corrected chi connectivity index (χ2v) is 7.45. The zero-order valence-electron chi connectivity index (χ0n) is 17.4. The van der Waals surface area contributed by atoms with Crippen LogP contribution in [-0.2, 0) is 17.9 Å². The Labute approximate surface area is 174 Å². The lowest BCUT2D eigenvalue weighted by Gasteiger charge is -2.15. The average Bonchev–Trinajstić information content (AvgIpc) is 2.66. The van der Waals surface area contributed by atoms with Gasteiger partial charge < -0.3 is 19.5 Å². The minimum absolute atomic E-state index is 0.274. The second kappa shape index (κ2) is 11.9. The predicted octanol–water partition coefficient (Wildman–Crippen LogP) is 5.53. The highest BCUT2D eigenvalue weighted by Crippen LogP contribution is 2.34. The van der Waals surface area contributed by atoms with Crippen LogP contribution in [0.15, 0.2) is 36.4 Å². The maximum Gasteiger partial charge on any atom is 0.163 e. The zero-order chi connectivity index (χ0) is 20.4. The van der Waals surface area contributed by atoms with E-state index in [0.29, 0.717) is 30.5 Å². The summed E-state index contributed by atoms with van der Waals surface area (Å²) >= 11 is 6.49. The molecule has 0 aliphatic rings. The Morgan fingerprint density at radius 2 is 1.75 bits per heavy atom. The van der Waals surface area contributed by atoms with Gasteiger partial charge in [-0.15, -0.1) is 0 Å². The van der Waals surface area contributed by atoms with Crippen molar-refractivity contribution in [2.24, 2.45) is 0 Å². The number of hydrogen-bond donors (Lipinski definition) is 1. The van der Waals surface area contributed by atoms with E-state index in [0.717, 1.165) is 36.4 Å². The highest BCUT2D eigenvalue weighted by atomic mass is 35.5. The van der Waals surface area contributed by atoms with Crippen LogP contribution in [0, 0.1) is 6.92 Å². The molecule has 0 saturated heterocycles. The number of nitrogens with one attached hydrogen (secondary N) is 1. The van der Waals surface area contributed by atoms with Crippen LogP contribution in [0.3, 0.4) is 0 Å². The lowest BCUT2D eigenvalue weighted by Crippen LogP contribution is -2.17. The van der Waals surface area contributed by atoms with Crippen LogP contribution in [-0.4, -0.2) is 25.9 Å². The Morgan fingerprint density at radius 3 is 2.43 bits per heavy atom. The minimum Gasteiger partial charge on any atom is -0.490 e. The lowest BCUT2D eigenvalue weighted by atomic mass is 10.1. The molecule has 154 valence electrons. The number of rotatable bonds is 12. The summed E-state index contributed by atoms with van der Waals surface area (Å²) < 4.78 is 17.3. The number of aryl methyl sites for hydroxylation is 1. The van der Waals surface area contributed by atoms with Gasteiger partial charge in [0.05, 0.1) is 12.7 Å². The summed E-state index contributed by atoms with van der Waals surface area (Å²) in [7, 11) is 0. The largest absolute Gasteiger partial charge is 0.490 e. The molecule has 0 aliphatic heterocycles. The van der Waals surface area contributed by atoms with Crippen molar-refractivity contribution in [3.63, 3.8) is 0 Å². The third-order valence-electron chi connectivity index (χ3n) is 4.19. The van der Waals surface area contributed by atoms with Gasteiger partial charge in [-0.25, -0.2) is 0 Å².